The predicted molar refractivity (Wildman–Crippen MR) is 113 cm³/mol. The number of hydrogen-bond acceptors (Lipinski definition) is 3. The largest absolute Gasteiger partial charge is 0.493 e. The van der Waals surface area contributed by atoms with Crippen molar-refractivity contribution in [1.29, 1.82) is 0 Å². The number of ether oxygens (including phenoxy) is 2. The van der Waals surface area contributed by atoms with E-state index in [4.69, 9.17) is 21.1 Å². The van der Waals surface area contributed by atoms with Gasteiger partial charge in [-0.25, -0.2) is 0 Å². The topological polar surface area (TPSA) is 40.5 Å². The summed E-state index contributed by atoms with van der Waals surface area (Å²) >= 11 is 6.22. The lowest BCUT2D eigenvalue weighted by Crippen LogP contribution is -2.09. The molecule has 0 spiro atoms. The number of ketones is 1. The van der Waals surface area contributed by atoms with E-state index >= 15 is 0 Å². The van der Waals surface area contributed by atoms with Crippen LogP contribution in [0.3, 0.4) is 0 Å². The Labute approximate surface area is 170 Å². The van der Waals surface area contributed by atoms with E-state index in [0.717, 1.165) is 11.3 Å². The summed E-state index contributed by atoms with van der Waals surface area (Å²) in [6.45, 7) is 4.09. The van der Waals surface area contributed by atoms with Crippen LogP contribution in [0.2, 0.25) is 5.02 Å². The molecule has 0 radical (unpaired) electrons. The van der Waals surface area contributed by atoms with Crippen LogP contribution in [0.4, 0.5) is 0 Å². The van der Waals surface area contributed by atoms with E-state index in [0.29, 0.717) is 27.6 Å². The van der Waals surface area contributed by atoms with Gasteiger partial charge in [-0.3, -0.25) is 4.79 Å². The fourth-order valence-electron chi connectivity index (χ4n) is 3.11. The number of halogens is 1. The Morgan fingerprint density at radius 1 is 1.04 bits per heavy atom. The van der Waals surface area contributed by atoms with Gasteiger partial charge in [-0.1, -0.05) is 29.3 Å². The van der Waals surface area contributed by atoms with E-state index in [1.54, 1.807) is 37.4 Å². The SMILES string of the molecule is COc1cccc(C(=O)c2cc(Cl)ccc2-n2ccc(C=C(C)C)c2)c1OC. The molecule has 0 N–H and O–H groups in total. The van der Waals surface area contributed by atoms with Crippen LogP contribution in [0.25, 0.3) is 11.8 Å². The van der Waals surface area contributed by atoms with Gasteiger partial charge in [0, 0.05) is 23.0 Å². The van der Waals surface area contributed by atoms with Crippen LogP contribution in [0.5, 0.6) is 11.5 Å². The zero-order valence-electron chi connectivity index (χ0n) is 16.3. The van der Waals surface area contributed by atoms with E-state index in [2.05, 4.69) is 6.08 Å². The van der Waals surface area contributed by atoms with Gasteiger partial charge in [0.15, 0.2) is 17.3 Å². The Morgan fingerprint density at radius 3 is 2.50 bits per heavy atom. The van der Waals surface area contributed by atoms with Crippen molar-refractivity contribution in [3.8, 4) is 17.2 Å². The number of hydrogen-bond donors (Lipinski definition) is 0. The molecular formula is C23H22ClNO3. The Balaban J connectivity index is 2.13. The first kappa shape index (κ1) is 19.8. The Bertz CT molecular complexity index is 1050. The molecule has 0 aliphatic heterocycles. The third-order valence-electron chi connectivity index (χ3n) is 4.30. The average molecular weight is 396 g/mol. The number of para-hydroxylation sites is 1. The van der Waals surface area contributed by atoms with Gasteiger partial charge in [0.1, 0.15) is 0 Å². The molecule has 144 valence electrons. The summed E-state index contributed by atoms with van der Waals surface area (Å²) in [7, 11) is 3.06. The maximum atomic E-state index is 13.4. The van der Waals surface area contributed by atoms with Crippen molar-refractivity contribution in [3.05, 3.63) is 82.1 Å². The molecule has 0 aliphatic carbocycles. The lowest BCUT2D eigenvalue weighted by molar-refractivity contribution is 0.103. The Kier molecular flexibility index (Phi) is 5.90. The maximum Gasteiger partial charge on any atom is 0.199 e. The van der Waals surface area contributed by atoms with Gasteiger partial charge < -0.3 is 14.0 Å². The van der Waals surface area contributed by atoms with Gasteiger partial charge in [-0.05, 0) is 55.8 Å². The molecule has 0 aliphatic rings. The maximum absolute atomic E-state index is 13.4. The van der Waals surface area contributed by atoms with E-state index in [-0.39, 0.29) is 5.78 Å². The molecule has 0 bridgehead atoms. The number of nitrogens with zero attached hydrogens (tertiary/aromatic N) is 1. The van der Waals surface area contributed by atoms with Crippen LogP contribution in [-0.2, 0) is 0 Å². The smallest absolute Gasteiger partial charge is 0.199 e. The minimum absolute atomic E-state index is 0.189. The number of allylic oxidation sites excluding steroid dienone is 1. The van der Waals surface area contributed by atoms with Gasteiger partial charge in [0.2, 0.25) is 0 Å². The van der Waals surface area contributed by atoms with Crippen LogP contribution in [0.1, 0.15) is 35.3 Å². The van der Waals surface area contributed by atoms with Crippen molar-refractivity contribution in [2.45, 2.75) is 13.8 Å². The second-order valence-corrected chi connectivity index (χ2v) is 7.04. The summed E-state index contributed by atoms with van der Waals surface area (Å²) in [6, 6.07) is 12.5. The van der Waals surface area contributed by atoms with E-state index in [9.17, 15) is 4.79 Å². The van der Waals surface area contributed by atoms with Gasteiger partial charge in [-0.15, -0.1) is 0 Å². The Hall–Kier alpha value is -2.98. The molecular weight excluding hydrogens is 374 g/mol. The van der Waals surface area contributed by atoms with Crippen LogP contribution in [0.15, 0.2) is 60.4 Å². The molecule has 1 aromatic heterocycles. The van der Waals surface area contributed by atoms with Crippen molar-refractivity contribution >= 4 is 23.5 Å². The molecule has 0 fully saturated rings. The predicted octanol–water partition coefficient (Wildman–Crippen LogP) is 5.80. The molecule has 3 rings (SSSR count). The minimum Gasteiger partial charge on any atom is -0.493 e. The molecule has 1 heterocycles. The summed E-state index contributed by atoms with van der Waals surface area (Å²) in [5.74, 6) is 0.716. The number of methoxy groups -OCH3 is 2. The zero-order chi connectivity index (χ0) is 20.3. The van der Waals surface area contributed by atoms with Gasteiger partial charge in [0.05, 0.1) is 25.5 Å². The summed E-state index contributed by atoms with van der Waals surface area (Å²) in [4.78, 5) is 13.4. The lowest BCUT2D eigenvalue weighted by atomic mass is 10.00. The third kappa shape index (κ3) is 3.97. The molecule has 5 heteroatoms. The monoisotopic (exact) mass is 395 g/mol. The lowest BCUT2D eigenvalue weighted by Gasteiger charge is -2.14. The first-order valence-corrected chi connectivity index (χ1v) is 9.21. The molecule has 2 aromatic carbocycles. The number of carbonyl (C=O) groups excluding carboxylic acids is 1. The standard InChI is InChI=1S/C23H22ClNO3/c1-15(2)12-16-10-11-25(14-16)20-9-8-17(24)13-19(20)22(26)18-6-5-7-21(27-3)23(18)28-4/h5-14H,1-4H3. The zero-order valence-corrected chi connectivity index (χ0v) is 17.1. The van der Waals surface area contributed by atoms with Crippen LogP contribution in [0, 0.1) is 0 Å². The molecule has 0 saturated heterocycles. The van der Waals surface area contributed by atoms with E-state index < -0.39 is 0 Å². The fourth-order valence-corrected chi connectivity index (χ4v) is 3.28. The Morgan fingerprint density at radius 2 is 1.82 bits per heavy atom. The highest BCUT2D eigenvalue weighted by molar-refractivity contribution is 6.31. The molecule has 0 amide bonds. The quantitative estimate of drug-likeness (QED) is 0.495. The van der Waals surface area contributed by atoms with Gasteiger partial charge in [-0.2, -0.15) is 0 Å². The fraction of sp³-hybridized carbons (Fsp3) is 0.174. The number of aromatic nitrogens is 1. The summed E-state index contributed by atoms with van der Waals surface area (Å²) < 4.78 is 12.7. The third-order valence-corrected chi connectivity index (χ3v) is 4.54. The minimum atomic E-state index is -0.189. The summed E-state index contributed by atoms with van der Waals surface area (Å²) in [6.07, 6.45) is 5.99. The second-order valence-electron chi connectivity index (χ2n) is 6.61. The van der Waals surface area contributed by atoms with Crippen molar-refractivity contribution in [2.24, 2.45) is 0 Å². The van der Waals surface area contributed by atoms with Crippen molar-refractivity contribution in [3.63, 3.8) is 0 Å². The van der Waals surface area contributed by atoms with Crippen molar-refractivity contribution in [1.82, 2.24) is 4.57 Å². The van der Waals surface area contributed by atoms with Crippen LogP contribution >= 0.6 is 11.6 Å². The van der Waals surface area contributed by atoms with Crippen molar-refractivity contribution < 1.29 is 14.3 Å². The van der Waals surface area contributed by atoms with Crippen molar-refractivity contribution in [2.75, 3.05) is 14.2 Å². The molecule has 0 atom stereocenters. The van der Waals surface area contributed by atoms with Crippen LogP contribution < -0.4 is 9.47 Å². The summed E-state index contributed by atoms with van der Waals surface area (Å²) in [5.41, 5.74) is 3.91. The number of rotatable bonds is 6. The average Bonchev–Trinajstić information content (AvgIpc) is 3.14. The van der Waals surface area contributed by atoms with E-state index in [1.807, 2.05) is 42.9 Å². The molecule has 4 nitrogen and oxygen atoms in total. The van der Waals surface area contributed by atoms with Crippen LogP contribution in [-0.4, -0.2) is 24.6 Å². The number of carbonyl (C=O) groups is 1. The highest BCUT2D eigenvalue weighted by Crippen LogP contribution is 2.34. The molecule has 0 saturated carbocycles. The highest BCUT2D eigenvalue weighted by Gasteiger charge is 2.21. The summed E-state index contributed by atoms with van der Waals surface area (Å²) in [5, 5.41) is 0.491. The molecule has 0 unspecified atom stereocenters. The van der Waals surface area contributed by atoms with Gasteiger partial charge >= 0.3 is 0 Å². The first-order valence-electron chi connectivity index (χ1n) is 8.83. The normalized spacial score (nSPS) is 10.5. The second kappa shape index (κ2) is 8.36. The molecule has 3 aromatic rings. The van der Waals surface area contributed by atoms with E-state index in [1.165, 1.54) is 12.7 Å². The molecule has 28 heavy (non-hydrogen) atoms. The first-order chi connectivity index (χ1) is 13.4. The highest BCUT2D eigenvalue weighted by atomic mass is 35.5. The number of benzene rings is 2. The van der Waals surface area contributed by atoms with Gasteiger partial charge in [0.25, 0.3) is 0 Å².